The number of anilines is 1. The van der Waals surface area contributed by atoms with E-state index < -0.39 is 0 Å². The van der Waals surface area contributed by atoms with Crippen LogP contribution in [0.3, 0.4) is 0 Å². The van der Waals surface area contributed by atoms with E-state index in [1.807, 2.05) is 23.0 Å². The predicted molar refractivity (Wildman–Crippen MR) is 81.2 cm³/mol. The van der Waals surface area contributed by atoms with Gasteiger partial charge in [0.25, 0.3) is 0 Å². The van der Waals surface area contributed by atoms with Crippen LogP contribution in [0.1, 0.15) is 32.0 Å². The Kier molecular flexibility index (Phi) is 3.94. The summed E-state index contributed by atoms with van der Waals surface area (Å²) in [6.07, 6.45) is 1.98. The van der Waals surface area contributed by atoms with Crippen LogP contribution in [0.15, 0.2) is 28.9 Å². The van der Waals surface area contributed by atoms with Crippen LogP contribution in [0.4, 0.5) is 5.69 Å². The number of nitrogens with zero attached hydrogens (tertiary/aromatic N) is 3. The molecule has 0 saturated heterocycles. The molecular formula is C14H19BrN4. The molecule has 0 aliphatic heterocycles. The summed E-state index contributed by atoms with van der Waals surface area (Å²) in [5, 5.41) is 11.7. The summed E-state index contributed by atoms with van der Waals surface area (Å²) in [6, 6.07) is 6.20. The van der Waals surface area contributed by atoms with Crippen molar-refractivity contribution in [2.75, 3.05) is 5.32 Å². The molecule has 0 aliphatic carbocycles. The molecule has 0 aliphatic rings. The highest BCUT2D eigenvalue weighted by Crippen LogP contribution is 2.20. The fourth-order valence-electron chi connectivity index (χ4n) is 1.65. The second kappa shape index (κ2) is 5.33. The summed E-state index contributed by atoms with van der Waals surface area (Å²) < 4.78 is 3.01. The van der Waals surface area contributed by atoms with Crippen LogP contribution < -0.4 is 5.32 Å². The lowest BCUT2D eigenvalue weighted by atomic mass is 10.1. The van der Waals surface area contributed by atoms with Gasteiger partial charge in [-0.15, -0.1) is 5.10 Å². The molecule has 0 radical (unpaired) electrons. The highest BCUT2D eigenvalue weighted by molar-refractivity contribution is 9.10. The van der Waals surface area contributed by atoms with Gasteiger partial charge in [-0.25, -0.2) is 4.68 Å². The zero-order valence-corrected chi connectivity index (χ0v) is 13.3. The van der Waals surface area contributed by atoms with Crippen LogP contribution in [0.25, 0.3) is 0 Å². The maximum Gasteiger partial charge on any atom is 0.102 e. The number of aryl methyl sites for hydroxylation is 1. The second-order valence-corrected chi connectivity index (χ2v) is 6.50. The Labute approximate surface area is 122 Å². The lowest BCUT2D eigenvalue weighted by molar-refractivity contribution is 0.347. The molecule has 1 aromatic heterocycles. The van der Waals surface area contributed by atoms with Crippen molar-refractivity contribution >= 4 is 21.6 Å². The van der Waals surface area contributed by atoms with Gasteiger partial charge in [0, 0.05) is 10.2 Å². The van der Waals surface area contributed by atoms with Crippen molar-refractivity contribution in [2.45, 2.75) is 39.8 Å². The molecule has 0 fully saturated rings. The van der Waals surface area contributed by atoms with E-state index in [0.717, 1.165) is 15.9 Å². The third-order valence-electron chi connectivity index (χ3n) is 2.86. The van der Waals surface area contributed by atoms with Crippen molar-refractivity contribution in [1.82, 2.24) is 15.0 Å². The molecule has 0 spiro atoms. The van der Waals surface area contributed by atoms with Gasteiger partial charge in [0.1, 0.15) is 5.69 Å². The van der Waals surface area contributed by atoms with Crippen LogP contribution in [-0.2, 0) is 12.1 Å². The topological polar surface area (TPSA) is 42.7 Å². The molecule has 1 N–H and O–H groups in total. The van der Waals surface area contributed by atoms with Gasteiger partial charge in [0.05, 0.1) is 18.3 Å². The van der Waals surface area contributed by atoms with Crippen LogP contribution in [0, 0.1) is 6.92 Å². The van der Waals surface area contributed by atoms with Crippen molar-refractivity contribution in [1.29, 1.82) is 0 Å². The fourth-order valence-corrected chi connectivity index (χ4v) is 1.90. The zero-order chi connectivity index (χ0) is 14.0. The maximum atomic E-state index is 4.18. The third kappa shape index (κ3) is 3.56. The van der Waals surface area contributed by atoms with E-state index in [1.165, 1.54) is 5.56 Å². The lowest BCUT2D eigenvalue weighted by Gasteiger charge is -2.17. The molecule has 0 unspecified atom stereocenters. The minimum atomic E-state index is -0.0283. The molecule has 2 rings (SSSR count). The predicted octanol–water partition coefficient (Wildman–Crippen LogP) is 3.72. The quantitative estimate of drug-likeness (QED) is 0.936. The summed E-state index contributed by atoms with van der Waals surface area (Å²) in [7, 11) is 0. The first-order valence-corrected chi connectivity index (χ1v) is 7.07. The average Bonchev–Trinajstić information content (AvgIpc) is 2.79. The van der Waals surface area contributed by atoms with Crippen LogP contribution in [-0.4, -0.2) is 15.0 Å². The molecule has 1 aromatic carbocycles. The van der Waals surface area contributed by atoms with E-state index in [4.69, 9.17) is 0 Å². The minimum absolute atomic E-state index is 0.0283. The molecule has 5 heteroatoms. The van der Waals surface area contributed by atoms with Gasteiger partial charge in [0.2, 0.25) is 0 Å². The molecule has 4 nitrogen and oxygen atoms in total. The highest BCUT2D eigenvalue weighted by atomic mass is 79.9. The molecule has 19 heavy (non-hydrogen) atoms. The van der Waals surface area contributed by atoms with Crippen molar-refractivity contribution in [3.8, 4) is 0 Å². The first kappa shape index (κ1) is 14.1. The monoisotopic (exact) mass is 322 g/mol. The first-order chi connectivity index (χ1) is 8.86. The summed E-state index contributed by atoms with van der Waals surface area (Å²) in [5.74, 6) is 0. The number of benzene rings is 1. The average molecular weight is 323 g/mol. The number of nitrogens with one attached hydrogen (secondary N) is 1. The standard InChI is InChI=1S/C14H19BrN4/c1-10-7-11(5-6-13(10)15)16-8-12-9-19(18-17-12)14(2,3)4/h5-7,9,16H,8H2,1-4H3. The Hall–Kier alpha value is -1.36. The molecule has 0 atom stereocenters. The van der Waals surface area contributed by atoms with Crippen LogP contribution in [0.2, 0.25) is 0 Å². The van der Waals surface area contributed by atoms with E-state index in [1.54, 1.807) is 0 Å². The van der Waals surface area contributed by atoms with Crippen molar-refractivity contribution in [2.24, 2.45) is 0 Å². The Morgan fingerprint density at radius 1 is 1.32 bits per heavy atom. The summed E-state index contributed by atoms with van der Waals surface area (Å²) in [4.78, 5) is 0. The number of hydrogen-bond acceptors (Lipinski definition) is 3. The molecule has 0 bridgehead atoms. The van der Waals surface area contributed by atoms with E-state index in [-0.39, 0.29) is 5.54 Å². The molecule has 0 amide bonds. The first-order valence-electron chi connectivity index (χ1n) is 6.28. The molecule has 2 aromatic rings. The normalized spacial score (nSPS) is 11.6. The number of aromatic nitrogens is 3. The largest absolute Gasteiger partial charge is 0.379 e. The molecular weight excluding hydrogens is 304 g/mol. The summed E-state index contributed by atoms with van der Waals surface area (Å²) >= 11 is 3.50. The highest BCUT2D eigenvalue weighted by Gasteiger charge is 2.14. The van der Waals surface area contributed by atoms with Gasteiger partial charge < -0.3 is 5.32 Å². The van der Waals surface area contributed by atoms with Gasteiger partial charge in [-0.1, -0.05) is 21.1 Å². The Balaban J connectivity index is 2.02. The number of halogens is 1. The van der Waals surface area contributed by atoms with Gasteiger partial charge in [0.15, 0.2) is 0 Å². The minimum Gasteiger partial charge on any atom is -0.379 e. The van der Waals surface area contributed by atoms with Crippen LogP contribution >= 0.6 is 15.9 Å². The lowest BCUT2D eigenvalue weighted by Crippen LogP contribution is -2.22. The Morgan fingerprint density at radius 3 is 2.63 bits per heavy atom. The summed E-state index contributed by atoms with van der Waals surface area (Å²) in [6.45, 7) is 9.08. The van der Waals surface area contributed by atoms with E-state index >= 15 is 0 Å². The SMILES string of the molecule is Cc1cc(NCc2cn(C(C)(C)C)nn2)ccc1Br. The van der Waals surface area contributed by atoms with E-state index in [9.17, 15) is 0 Å². The molecule has 0 saturated carbocycles. The fraction of sp³-hybridized carbons (Fsp3) is 0.429. The Morgan fingerprint density at radius 2 is 2.05 bits per heavy atom. The van der Waals surface area contributed by atoms with Crippen molar-refractivity contribution in [3.63, 3.8) is 0 Å². The summed E-state index contributed by atoms with van der Waals surface area (Å²) in [5.41, 5.74) is 3.21. The van der Waals surface area contributed by atoms with Gasteiger partial charge >= 0.3 is 0 Å². The number of rotatable bonds is 3. The number of hydrogen-bond donors (Lipinski definition) is 1. The zero-order valence-electron chi connectivity index (χ0n) is 11.7. The van der Waals surface area contributed by atoms with Gasteiger partial charge in [-0.3, -0.25) is 0 Å². The van der Waals surface area contributed by atoms with Gasteiger partial charge in [-0.2, -0.15) is 0 Å². The van der Waals surface area contributed by atoms with E-state index in [0.29, 0.717) is 6.54 Å². The van der Waals surface area contributed by atoms with Crippen molar-refractivity contribution < 1.29 is 0 Å². The molecule has 102 valence electrons. The molecule has 1 heterocycles. The smallest absolute Gasteiger partial charge is 0.102 e. The third-order valence-corrected chi connectivity index (χ3v) is 3.75. The van der Waals surface area contributed by atoms with Crippen molar-refractivity contribution in [3.05, 3.63) is 40.1 Å². The van der Waals surface area contributed by atoms with Crippen LogP contribution in [0.5, 0.6) is 0 Å². The maximum absolute atomic E-state index is 4.18. The van der Waals surface area contributed by atoms with E-state index in [2.05, 4.69) is 65.3 Å². The Bertz CT molecular complexity index is 569. The second-order valence-electron chi connectivity index (χ2n) is 5.64. The van der Waals surface area contributed by atoms with Gasteiger partial charge in [-0.05, 0) is 51.5 Å².